The highest BCUT2D eigenvalue weighted by atomic mass is 79.9. The van der Waals surface area contributed by atoms with Gasteiger partial charge in [-0.25, -0.2) is 0 Å². The van der Waals surface area contributed by atoms with E-state index in [1.807, 2.05) is 25.7 Å². The quantitative estimate of drug-likeness (QED) is 0.861. The molecule has 1 atom stereocenters. The first-order chi connectivity index (χ1) is 9.77. The van der Waals surface area contributed by atoms with Gasteiger partial charge in [0.25, 0.3) is 0 Å². The van der Waals surface area contributed by atoms with Gasteiger partial charge in [0.2, 0.25) is 5.91 Å². The molecule has 0 aromatic carbocycles. The Hall–Kier alpha value is -0.390. The third-order valence-electron chi connectivity index (χ3n) is 3.93. The first-order valence-corrected chi connectivity index (χ1v) is 9.19. The van der Waals surface area contributed by atoms with E-state index in [0.29, 0.717) is 12.1 Å². The molecule has 1 fully saturated rings. The van der Waals surface area contributed by atoms with E-state index in [9.17, 15) is 4.79 Å². The number of thiophene rings is 1. The van der Waals surface area contributed by atoms with E-state index in [-0.39, 0.29) is 11.3 Å². The molecule has 1 aliphatic rings. The Labute approximate surface area is 140 Å². The van der Waals surface area contributed by atoms with Crippen LogP contribution in [0.5, 0.6) is 0 Å². The number of carbonyl (C=O) groups is 1. The van der Waals surface area contributed by atoms with Crippen LogP contribution in [-0.2, 0) is 4.79 Å². The molecule has 1 saturated heterocycles. The van der Waals surface area contributed by atoms with Gasteiger partial charge in [0, 0.05) is 35.5 Å². The molecule has 1 amide bonds. The highest BCUT2D eigenvalue weighted by Gasteiger charge is 2.30. The first kappa shape index (κ1) is 17.0. The first-order valence-electron chi connectivity index (χ1n) is 7.58. The summed E-state index contributed by atoms with van der Waals surface area (Å²) in [6.45, 7) is 9.94. The maximum Gasteiger partial charge on any atom is 0.227 e. The fraction of sp³-hybridized carbons (Fsp3) is 0.688. The summed E-state index contributed by atoms with van der Waals surface area (Å²) in [6.07, 6.45) is 2.08. The van der Waals surface area contributed by atoms with Gasteiger partial charge in [-0.2, -0.15) is 0 Å². The molecule has 5 heteroatoms. The standard InChI is InChI=1S/C16H25BrN2OS/c1-11(13-5-6-14(17)21-13)18-12-7-9-19(10-8-12)15(20)16(2,3)4/h5-6,11-12,18H,7-10H2,1-4H3. The smallest absolute Gasteiger partial charge is 0.227 e. The van der Waals surface area contributed by atoms with Crippen molar-refractivity contribution in [3.63, 3.8) is 0 Å². The van der Waals surface area contributed by atoms with Crippen LogP contribution in [-0.4, -0.2) is 29.9 Å². The Bertz CT molecular complexity index is 487. The van der Waals surface area contributed by atoms with Crippen molar-refractivity contribution in [2.75, 3.05) is 13.1 Å². The molecule has 118 valence electrons. The fourth-order valence-electron chi connectivity index (χ4n) is 2.72. The highest BCUT2D eigenvalue weighted by molar-refractivity contribution is 9.11. The average Bonchev–Trinajstić information content (AvgIpc) is 2.84. The van der Waals surface area contributed by atoms with Crippen LogP contribution in [0.4, 0.5) is 0 Å². The molecule has 1 aromatic rings. The number of hydrogen-bond donors (Lipinski definition) is 1. The van der Waals surface area contributed by atoms with E-state index in [1.165, 1.54) is 8.66 Å². The van der Waals surface area contributed by atoms with E-state index in [1.54, 1.807) is 11.3 Å². The topological polar surface area (TPSA) is 32.3 Å². The molecule has 2 rings (SSSR count). The van der Waals surface area contributed by atoms with Gasteiger partial charge < -0.3 is 10.2 Å². The third kappa shape index (κ3) is 4.54. The second kappa shape index (κ2) is 6.80. The van der Waals surface area contributed by atoms with Crippen molar-refractivity contribution in [2.24, 2.45) is 5.41 Å². The van der Waals surface area contributed by atoms with Crippen LogP contribution in [0.1, 0.15) is 51.5 Å². The van der Waals surface area contributed by atoms with Crippen LogP contribution in [0.2, 0.25) is 0 Å². The van der Waals surface area contributed by atoms with Gasteiger partial charge >= 0.3 is 0 Å². The van der Waals surface area contributed by atoms with Crippen molar-refractivity contribution in [3.8, 4) is 0 Å². The van der Waals surface area contributed by atoms with E-state index < -0.39 is 0 Å². The molecular formula is C16H25BrN2OS. The summed E-state index contributed by atoms with van der Waals surface area (Å²) < 4.78 is 1.18. The van der Waals surface area contributed by atoms with Gasteiger partial charge in [0.15, 0.2) is 0 Å². The van der Waals surface area contributed by atoms with Gasteiger partial charge in [-0.15, -0.1) is 11.3 Å². The predicted octanol–water partition coefficient (Wildman–Crippen LogP) is 4.20. The van der Waals surface area contributed by atoms with Crippen LogP contribution >= 0.6 is 27.3 Å². The van der Waals surface area contributed by atoms with Crippen LogP contribution < -0.4 is 5.32 Å². The summed E-state index contributed by atoms with van der Waals surface area (Å²) in [5.74, 6) is 0.274. The van der Waals surface area contributed by atoms with Crippen LogP contribution in [0.15, 0.2) is 15.9 Å². The second-order valence-corrected chi connectivity index (χ2v) is 9.34. The Morgan fingerprint density at radius 2 is 2.00 bits per heavy atom. The number of amides is 1. The second-order valence-electron chi connectivity index (χ2n) is 6.85. The van der Waals surface area contributed by atoms with Crippen molar-refractivity contribution >= 4 is 33.2 Å². The van der Waals surface area contributed by atoms with Crippen LogP contribution in [0, 0.1) is 5.41 Å². The van der Waals surface area contributed by atoms with Gasteiger partial charge in [0.1, 0.15) is 0 Å². The fourth-order valence-corrected chi connectivity index (χ4v) is 4.16. The zero-order valence-corrected chi connectivity index (χ0v) is 15.7. The van der Waals surface area contributed by atoms with E-state index in [4.69, 9.17) is 0 Å². The Morgan fingerprint density at radius 3 is 2.48 bits per heavy atom. The third-order valence-corrected chi connectivity index (χ3v) is 5.74. The minimum Gasteiger partial charge on any atom is -0.342 e. The lowest BCUT2D eigenvalue weighted by atomic mass is 9.93. The van der Waals surface area contributed by atoms with Crippen molar-refractivity contribution < 1.29 is 4.79 Å². The Balaban J connectivity index is 1.83. The number of hydrogen-bond acceptors (Lipinski definition) is 3. The van der Waals surface area contributed by atoms with Crippen molar-refractivity contribution in [1.29, 1.82) is 0 Å². The number of halogens is 1. The summed E-state index contributed by atoms with van der Waals surface area (Å²) in [7, 11) is 0. The van der Waals surface area contributed by atoms with Gasteiger partial charge in [-0.05, 0) is 47.8 Å². The van der Waals surface area contributed by atoms with Crippen molar-refractivity contribution in [1.82, 2.24) is 10.2 Å². The summed E-state index contributed by atoms with van der Waals surface area (Å²) in [6, 6.07) is 5.15. The largest absolute Gasteiger partial charge is 0.342 e. The zero-order valence-electron chi connectivity index (χ0n) is 13.3. The van der Waals surface area contributed by atoms with Crippen LogP contribution in [0.3, 0.4) is 0 Å². The zero-order chi connectivity index (χ0) is 15.6. The molecule has 1 unspecified atom stereocenters. The number of likely N-dealkylation sites (tertiary alicyclic amines) is 1. The summed E-state index contributed by atoms with van der Waals surface area (Å²) in [5.41, 5.74) is -0.267. The maximum atomic E-state index is 12.3. The van der Waals surface area contributed by atoms with Gasteiger partial charge in [-0.1, -0.05) is 20.8 Å². The molecular weight excluding hydrogens is 348 g/mol. The molecule has 1 aromatic heterocycles. The molecule has 0 spiro atoms. The summed E-state index contributed by atoms with van der Waals surface area (Å²) in [4.78, 5) is 15.6. The Morgan fingerprint density at radius 1 is 1.38 bits per heavy atom. The summed E-state index contributed by atoms with van der Waals surface area (Å²) >= 11 is 5.30. The minimum absolute atomic E-state index is 0.267. The molecule has 3 nitrogen and oxygen atoms in total. The van der Waals surface area contributed by atoms with Crippen molar-refractivity contribution in [3.05, 3.63) is 20.8 Å². The number of nitrogens with one attached hydrogen (secondary N) is 1. The van der Waals surface area contributed by atoms with E-state index in [0.717, 1.165) is 25.9 Å². The number of piperidine rings is 1. The molecule has 1 N–H and O–H groups in total. The Kier molecular flexibility index (Phi) is 5.49. The number of carbonyl (C=O) groups excluding carboxylic acids is 1. The molecule has 0 saturated carbocycles. The summed E-state index contributed by atoms with van der Waals surface area (Å²) in [5, 5.41) is 3.70. The van der Waals surface area contributed by atoms with E-state index in [2.05, 4.69) is 40.3 Å². The van der Waals surface area contributed by atoms with Crippen molar-refractivity contribution in [2.45, 2.75) is 52.6 Å². The monoisotopic (exact) mass is 372 g/mol. The number of nitrogens with zero attached hydrogens (tertiary/aromatic N) is 1. The normalized spacial score (nSPS) is 18.8. The molecule has 0 radical (unpaired) electrons. The molecule has 21 heavy (non-hydrogen) atoms. The van der Waals surface area contributed by atoms with Gasteiger partial charge in [-0.3, -0.25) is 4.79 Å². The molecule has 0 aliphatic carbocycles. The maximum absolute atomic E-state index is 12.3. The highest BCUT2D eigenvalue weighted by Crippen LogP contribution is 2.28. The molecule has 1 aliphatic heterocycles. The van der Waals surface area contributed by atoms with Gasteiger partial charge in [0.05, 0.1) is 3.79 Å². The lowest BCUT2D eigenvalue weighted by Crippen LogP contribution is -2.48. The molecule has 2 heterocycles. The SMILES string of the molecule is CC(NC1CCN(C(=O)C(C)(C)C)CC1)c1ccc(Br)s1. The van der Waals surface area contributed by atoms with Crippen LogP contribution in [0.25, 0.3) is 0 Å². The van der Waals surface area contributed by atoms with E-state index >= 15 is 0 Å². The minimum atomic E-state index is -0.267. The lowest BCUT2D eigenvalue weighted by Gasteiger charge is -2.36. The predicted molar refractivity (Wildman–Crippen MR) is 92.6 cm³/mol. The molecule has 0 bridgehead atoms. The number of rotatable bonds is 3. The average molecular weight is 373 g/mol. The lowest BCUT2D eigenvalue weighted by molar-refractivity contribution is -0.140.